The van der Waals surface area contributed by atoms with Gasteiger partial charge in [0.15, 0.2) is 11.5 Å². The van der Waals surface area contributed by atoms with Crippen LogP contribution in [-0.2, 0) is 6.54 Å². The predicted molar refractivity (Wildman–Crippen MR) is 116 cm³/mol. The van der Waals surface area contributed by atoms with Crippen molar-refractivity contribution in [2.24, 2.45) is 0 Å². The highest BCUT2D eigenvalue weighted by Crippen LogP contribution is 2.19. The lowest BCUT2D eigenvalue weighted by atomic mass is 10.1. The summed E-state index contributed by atoms with van der Waals surface area (Å²) in [6.07, 6.45) is 3.30. The fraction of sp³-hybridized carbons (Fsp3) is 0.0833. The number of carbonyl (C=O) groups excluding carboxylic acids is 2. The lowest BCUT2D eigenvalue weighted by Crippen LogP contribution is -2.23. The van der Waals surface area contributed by atoms with Crippen LogP contribution in [-0.4, -0.2) is 22.0 Å². The number of nitrogens with zero attached hydrogens (tertiary/aromatic N) is 2. The first kappa shape index (κ1) is 20.0. The second-order valence-electron chi connectivity index (χ2n) is 7.02. The molecule has 2 aromatic carbocycles. The van der Waals surface area contributed by atoms with Crippen LogP contribution in [0.2, 0.25) is 0 Å². The minimum absolute atomic E-state index is 0.183. The number of nitrogens with one attached hydrogen (secondary N) is 2. The average molecular weight is 412 g/mol. The van der Waals surface area contributed by atoms with Gasteiger partial charge in [0, 0.05) is 41.8 Å². The highest BCUT2D eigenvalue weighted by atomic mass is 16.5. The molecule has 0 aliphatic heterocycles. The van der Waals surface area contributed by atoms with Gasteiger partial charge in [-0.15, -0.1) is 0 Å². The highest BCUT2D eigenvalue weighted by molar-refractivity contribution is 6.04. The summed E-state index contributed by atoms with van der Waals surface area (Å²) in [5.41, 5.74) is 4.09. The van der Waals surface area contributed by atoms with Gasteiger partial charge in [0.25, 0.3) is 11.8 Å². The van der Waals surface area contributed by atoms with Crippen LogP contribution < -0.4 is 10.6 Å². The number of amides is 2. The maximum absolute atomic E-state index is 12.4. The van der Waals surface area contributed by atoms with Crippen molar-refractivity contribution in [1.29, 1.82) is 0 Å². The number of hydrogen-bond donors (Lipinski definition) is 2. The van der Waals surface area contributed by atoms with Crippen LogP contribution in [0.1, 0.15) is 32.0 Å². The molecule has 7 nitrogen and oxygen atoms in total. The Kier molecular flexibility index (Phi) is 5.84. The third-order valence-corrected chi connectivity index (χ3v) is 4.64. The van der Waals surface area contributed by atoms with Gasteiger partial charge in [-0.2, -0.15) is 0 Å². The van der Waals surface area contributed by atoms with E-state index in [1.807, 2.05) is 43.3 Å². The Bertz CT molecular complexity index is 1200. The Morgan fingerprint density at radius 1 is 0.968 bits per heavy atom. The van der Waals surface area contributed by atoms with E-state index in [1.165, 1.54) is 0 Å². The van der Waals surface area contributed by atoms with E-state index in [9.17, 15) is 9.59 Å². The van der Waals surface area contributed by atoms with Crippen LogP contribution in [0.4, 0.5) is 5.69 Å². The number of aromatic nitrogens is 2. The van der Waals surface area contributed by atoms with Gasteiger partial charge in [0.2, 0.25) is 0 Å². The summed E-state index contributed by atoms with van der Waals surface area (Å²) in [5, 5.41) is 9.51. The summed E-state index contributed by atoms with van der Waals surface area (Å²) in [6.45, 7) is 2.25. The molecule has 2 heterocycles. The summed E-state index contributed by atoms with van der Waals surface area (Å²) in [4.78, 5) is 28.8. The van der Waals surface area contributed by atoms with Gasteiger partial charge in [-0.1, -0.05) is 35.0 Å². The van der Waals surface area contributed by atoms with E-state index in [2.05, 4.69) is 20.8 Å². The predicted octanol–water partition coefficient (Wildman–Crippen LogP) is 4.23. The normalized spacial score (nSPS) is 10.5. The number of benzene rings is 2. The Morgan fingerprint density at radius 2 is 1.81 bits per heavy atom. The molecule has 4 rings (SSSR count). The molecular formula is C24H20N4O3. The largest absolute Gasteiger partial charge is 0.355 e. The van der Waals surface area contributed by atoms with Crippen molar-refractivity contribution >= 4 is 17.5 Å². The first-order chi connectivity index (χ1) is 15.1. The molecule has 31 heavy (non-hydrogen) atoms. The summed E-state index contributed by atoms with van der Waals surface area (Å²) >= 11 is 0. The number of carbonyl (C=O) groups is 2. The Balaban J connectivity index is 1.37. The third-order valence-electron chi connectivity index (χ3n) is 4.64. The fourth-order valence-corrected chi connectivity index (χ4v) is 2.97. The Morgan fingerprint density at radius 3 is 2.58 bits per heavy atom. The van der Waals surface area contributed by atoms with Crippen LogP contribution in [0.15, 0.2) is 83.6 Å². The molecule has 0 unspecified atom stereocenters. The second-order valence-corrected chi connectivity index (χ2v) is 7.02. The van der Waals surface area contributed by atoms with E-state index >= 15 is 0 Å². The number of pyridine rings is 1. The zero-order valence-electron chi connectivity index (χ0n) is 16.8. The van der Waals surface area contributed by atoms with Gasteiger partial charge in [-0.3, -0.25) is 14.6 Å². The van der Waals surface area contributed by atoms with Crippen LogP contribution in [0.25, 0.3) is 11.3 Å². The van der Waals surface area contributed by atoms with Crippen molar-refractivity contribution in [3.63, 3.8) is 0 Å². The number of hydrogen-bond acceptors (Lipinski definition) is 5. The average Bonchev–Trinajstić information content (AvgIpc) is 3.29. The third kappa shape index (κ3) is 5.02. The van der Waals surface area contributed by atoms with E-state index in [-0.39, 0.29) is 24.1 Å². The minimum atomic E-state index is -0.354. The zero-order valence-corrected chi connectivity index (χ0v) is 16.8. The van der Waals surface area contributed by atoms with Crippen molar-refractivity contribution in [2.75, 3.05) is 5.32 Å². The summed E-state index contributed by atoms with van der Waals surface area (Å²) in [6, 6.07) is 19.8. The van der Waals surface area contributed by atoms with Gasteiger partial charge in [0.1, 0.15) is 0 Å². The molecule has 7 heteroatoms. The molecule has 0 saturated heterocycles. The van der Waals surface area contributed by atoms with E-state index < -0.39 is 0 Å². The number of aryl methyl sites for hydroxylation is 1. The first-order valence-electron chi connectivity index (χ1n) is 9.71. The molecule has 0 aliphatic rings. The Hall–Kier alpha value is -4.26. The molecule has 0 bridgehead atoms. The molecule has 2 aromatic heterocycles. The standard InChI is InChI=1S/C24H20N4O3/c1-16-7-9-18(10-8-16)23(29)27-20-6-2-4-17(12-20)14-26-24(30)21-13-22(31-28-21)19-5-3-11-25-15-19/h2-13,15H,14H2,1H3,(H,26,30)(H,27,29). The Labute approximate surface area is 179 Å². The highest BCUT2D eigenvalue weighted by Gasteiger charge is 2.14. The summed E-state index contributed by atoms with van der Waals surface area (Å²) in [7, 11) is 0. The molecule has 0 radical (unpaired) electrons. The molecule has 0 aliphatic carbocycles. The minimum Gasteiger partial charge on any atom is -0.355 e. The maximum Gasteiger partial charge on any atom is 0.273 e. The molecule has 4 aromatic rings. The van der Waals surface area contributed by atoms with E-state index in [0.29, 0.717) is 17.0 Å². The first-order valence-corrected chi connectivity index (χ1v) is 9.71. The molecule has 2 amide bonds. The van der Waals surface area contributed by atoms with Crippen molar-refractivity contribution in [2.45, 2.75) is 13.5 Å². The van der Waals surface area contributed by atoms with Crippen LogP contribution in [0.5, 0.6) is 0 Å². The van der Waals surface area contributed by atoms with E-state index in [1.54, 1.807) is 42.7 Å². The topological polar surface area (TPSA) is 97.1 Å². The van der Waals surface area contributed by atoms with Crippen molar-refractivity contribution < 1.29 is 14.1 Å². The van der Waals surface area contributed by atoms with E-state index in [4.69, 9.17) is 4.52 Å². The number of anilines is 1. The smallest absolute Gasteiger partial charge is 0.273 e. The quantitative estimate of drug-likeness (QED) is 0.494. The summed E-state index contributed by atoms with van der Waals surface area (Å²) in [5.74, 6) is -0.0706. The molecule has 0 spiro atoms. The SMILES string of the molecule is Cc1ccc(C(=O)Nc2cccc(CNC(=O)c3cc(-c4cccnc4)on3)c2)cc1. The van der Waals surface area contributed by atoms with Gasteiger partial charge in [-0.05, 0) is 48.9 Å². The van der Waals surface area contributed by atoms with Gasteiger partial charge in [0.05, 0.1) is 0 Å². The maximum atomic E-state index is 12.4. The zero-order chi connectivity index (χ0) is 21.6. The lowest BCUT2D eigenvalue weighted by molar-refractivity contribution is 0.0941. The van der Waals surface area contributed by atoms with Crippen molar-refractivity contribution in [3.05, 3.63) is 102 Å². The molecular weight excluding hydrogens is 392 g/mol. The van der Waals surface area contributed by atoms with Gasteiger partial charge < -0.3 is 15.2 Å². The van der Waals surface area contributed by atoms with Gasteiger partial charge >= 0.3 is 0 Å². The van der Waals surface area contributed by atoms with Crippen molar-refractivity contribution in [1.82, 2.24) is 15.5 Å². The number of rotatable bonds is 6. The molecule has 0 fully saturated rings. The fourth-order valence-electron chi connectivity index (χ4n) is 2.97. The molecule has 0 saturated carbocycles. The van der Waals surface area contributed by atoms with Crippen LogP contribution in [0, 0.1) is 6.92 Å². The molecule has 2 N–H and O–H groups in total. The second kappa shape index (κ2) is 9.04. The van der Waals surface area contributed by atoms with Gasteiger partial charge in [-0.25, -0.2) is 0 Å². The molecule has 154 valence electrons. The lowest BCUT2D eigenvalue weighted by Gasteiger charge is -2.08. The van der Waals surface area contributed by atoms with Crippen LogP contribution in [0.3, 0.4) is 0 Å². The monoisotopic (exact) mass is 412 g/mol. The van der Waals surface area contributed by atoms with Crippen molar-refractivity contribution in [3.8, 4) is 11.3 Å². The van der Waals surface area contributed by atoms with Crippen LogP contribution >= 0.6 is 0 Å². The molecule has 0 atom stereocenters. The summed E-state index contributed by atoms with van der Waals surface area (Å²) < 4.78 is 5.24. The van der Waals surface area contributed by atoms with E-state index in [0.717, 1.165) is 16.7 Å².